The highest BCUT2D eigenvalue weighted by atomic mass is 35.5. The minimum Gasteiger partial charge on any atom is -0.481 e. The number of benzene rings is 1. The molecule has 0 spiro atoms. The molecule has 7 heteroatoms. The van der Waals surface area contributed by atoms with Crippen LogP contribution in [0.15, 0.2) is 18.2 Å². The second kappa shape index (κ2) is 9.02. The first-order valence-electron chi connectivity index (χ1n) is 7.07. The van der Waals surface area contributed by atoms with Gasteiger partial charge in [0.15, 0.2) is 11.6 Å². The van der Waals surface area contributed by atoms with E-state index in [-0.39, 0.29) is 24.9 Å². The zero-order valence-corrected chi connectivity index (χ0v) is 13.0. The molecule has 1 aromatic carbocycles. The quantitative estimate of drug-likeness (QED) is 0.812. The van der Waals surface area contributed by atoms with Gasteiger partial charge in [-0.15, -0.1) is 12.4 Å². The molecule has 1 saturated heterocycles. The molecule has 1 N–H and O–H groups in total. The number of carbonyl (C=O) groups is 1. The van der Waals surface area contributed by atoms with E-state index in [1.165, 1.54) is 12.1 Å². The molecule has 0 aromatic heterocycles. The second-order valence-electron chi connectivity index (χ2n) is 5.18. The van der Waals surface area contributed by atoms with Crippen molar-refractivity contribution in [2.24, 2.45) is 0 Å². The lowest BCUT2D eigenvalue weighted by atomic mass is 10.1. The summed E-state index contributed by atoms with van der Waals surface area (Å²) in [7, 11) is 0. The number of hydrogen-bond donors (Lipinski definition) is 1. The average Bonchev–Trinajstić information content (AvgIpc) is 2.47. The van der Waals surface area contributed by atoms with Gasteiger partial charge in [-0.2, -0.15) is 0 Å². The summed E-state index contributed by atoms with van der Waals surface area (Å²) in [5.74, 6) is -2.51. The number of aliphatic carboxylic acids is 1. The zero-order valence-electron chi connectivity index (χ0n) is 12.1. The molecule has 1 aromatic rings. The van der Waals surface area contributed by atoms with Crippen LogP contribution in [-0.2, 0) is 9.53 Å². The largest absolute Gasteiger partial charge is 0.481 e. The Morgan fingerprint density at radius 2 is 2.09 bits per heavy atom. The van der Waals surface area contributed by atoms with Crippen molar-refractivity contribution in [2.45, 2.75) is 25.4 Å². The van der Waals surface area contributed by atoms with Crippen molar-refractivity contribution in [1.29, 1.82) is 0 Å². The molecular formula is C15H20ClF2NO3. The number of carboxylic acids is 1. The maximum atomic E-state index is 13.3. The summed E-state index contributed by atoms with van der Waals surface area (Å²) in [6, 6.07) is 3.82. The Balaban J connectivity index is 0.00000242. The van der Waals surface area contributed by atoms with Crippen molar-refractivity contribution >= 4 is 18.4 Å². The fourth-order valence-electron chi connectivity index (χ4n) is 2.43. The lowest BCUT2D eigenvalue weighted by Crippen LogP contribution is -2.38. The first-order chi connectivity index (χ1) is 10.1. The van der Waals surface area contributed by atoms with Gasteiger partial charge >= 0.3 is 5.97 Å². The Labute approximate surface area is 134 Å². The van der Waals surface area contributed by atoms with Crippen molar-refractivity contribution in [3.05, 3.63) is 35.4 Å². The number of rotatable bonds is 6. The van der Waals surface area contributed by atoms with E-state index >= 15 is 0 Å². The second-order valence-corrected chi connectivity index (χ2v) is 5.18. The molecule has 0 saturated carbocycles. The van der Waals surface area contributed by atoms with Crippen LogP contribution in [0.4, 0.5) is 8.78 Å². The highest BCUT2D eigenvalue weighted by molar-refractivity contribution is 5.85. The van der Waals surface area contributed by atoms with Crippen LogP contribution < -0.4 is 0 Å². The first-order valence-corrected chi connectivity index (χ1v) is 7.07. The van der Waals surface area contributed by atoms with Crippen LogP contribution in [0.25, 0.3) is 0 Å². The molecule has 1 heterocycles. The third-order valence-corrected chi connectivity index (χ3v) is 3.58. The van der Waals surface area contributed by atoms with Crippen LogP contribution in [0.2, 0.25) is 0 Å². The minimum absolute atomic E-state index is 0. The Hall–Kier alpha value is -1.24. The molecule has 1 fully saturated rings. The summed E-state index contributed by atoms with van der Waals surface area (Å²) in [4.78, 5) is 12.6. The van der Waals surface area contributed by atoms with E-state index in [1.807, 2.05) is 0 Å². The van der Waals surface area contributed by atoms with Crippen molar-refractivity contribution in [3.63, 3.8) is 0 Å². The molecule has 2 rings (SSSR count). The van der Waals surface area contributed by atoms with Gasteiger partial charge in [-0.05, 0) is 37.1 Å². The monoisotopic (exact) mass is 335 g/mol. The van der Waals surface area contributed by atoms with E-state index in [2.05, 4.69) is 4.90 Å². The number of halogens is 3. The number of ether oxygens (including phenoxy) is 1. The van der Waals surface area contributed by atoms with Gasteiger partial charge in [-0.25, -0.2) is 8.78 Å². The topological polar surface area (TPSA) is 49.8 Å². The van der Waals surface area contributed by atoms with E-state index in [1.54, 1.807) is 0 Å². The van der Waals surface area contributed by atoms with E-state index in [0.717, 1.165) is 25.6 Å². The smallest absolute Gasteiger partial charge is 0.303 e. The van der Waals surface area contributed by atoms with E-state index in [4.69, 9.17) is 9.84 Å². The molecule has 124 valence electrons. The molecule has 0 radical (unpaired) electrons. The molecular weight excluding hydrogens is 316 g/mol. The van der Waals surface area contributed by atoms with Crippen LogP contribution in [-0.4, -0.2) is 42.2 Å². The molecule has 0 amide bonds. The molecule has 0 aliphatic carbocycles. The number of unbranched alkanes of at least 4 members (excludes halogenated alkanes) is 1. The summed E-state index contributed by atoms with van der Waals surface area (Å²) in [6.45, 7) is 2.70. The standard InChI is InChI=1S/C15H19F2NO3.ClH/c16-12-5-4-11(9-13(12)17)14-10-18(7-8-21-14)6-2-1-3-15(19)20;/h4-5,9,14H,1-3,6-8,10H2,(H,19,20);1H. The van der Waals surface area contributed by atoms with E-state index in [9.17, 15) is 13.6 Å². The van der Waals surface area contributed by atoms with Crippen LogP contribution in [0, 0.1) is 11.6 Å². The first kappa shape index (κ1) is 18.8. The van der Waals surface area contributed by atoms with Crippen molar-refractivity contribution in [3.8, 4) is 0 Å². The van der Waals surface area contributed by atoms with Crippen LogP contribution in [0.1, 0.15) is 30.9 Å². The summed E-state index contributed by atoms with van der Waals surface area (Å²) in [6.07, 6.45) is 1.35. The van der Waals surface area contributed by atoms with Crippen LogP contribution in [0.5, 0.6) is 0 Å². The molecule has 1 aliphatic heterocycles. The number of nitrogens with zero attached hydrogens (tertiary/aromatic N) is 1. The minimum atomic E-state index is -0.866. The molecule has 0 bridgehead atoms. The molecule has 1 atom stereocenters. The van der Waals surface area contributed by atoms with Gasteiger partial charge in [0.2, 0.25) is 0 Å². The van der Waals surface area contributed by atoms with Gasteiger partial charge in [0.25, 0.3) is 0 Å². The highest BCUT2D eigenvalue weighted by Crippen LogP contribution is 2.24. The fraction of sp³-hybridized carbons (Fsp3) is 0.533. The Morgan fingerprint density at radius 3 is 2.77 bits per heavy atom. The summed E-state index contributed by atoms with van der Waals surface area (Å²) < 4.78 is 31.8. The highest BCUT2D eigenvalue weighted by Gasteiger charge is 2.22. The Bertz CT molecular complexity index is 502. The van der Waals surface area contributed by atoms with Gasteiger partial charge in [0, 0.05) is 19.5 Å². The summed E-state index contributed by atoms with van der Waals surface area (Å²) in [5.41, 5.74) is 0.629. The molecule has 22 heavy (non-hydrogen) atoms. The third-order valence-electron chi connectivity index (χ3n) is 3.58. The summed E-state index contributed by atoms with van der Waals surface area (Å²) >= 11 is 0. The fourth-order valence-corrected chi connectivity index (χ4v) is 2.43. The van der Waals surface area contributed by atoms with Crippen molar-refractivity contribution < 1.29 is 23.4 Å². The van der Waals surface area contributed by atoms with Gasteiger partial charge in [-0.3, -0.25) is 9.69 Å². The number of carboxylic acid groups (broad SMARTS) is 1. The van der Waals surface area contributed by atoms with E-state index in [0.29, 0.717) is 25.1 Å². The maximum absolute atomic E-state index is 13.3. The van der Waals surface area contributed by atoms with Gasteiger partial charge < -0.3 is 9.84 Å². The van der Waals surface area contributed by atoms with Crippen LogP contribution in [0.3, 0.4) is 0 Å². The maximum Gasteiger partial charge on any atom is 0.303 e. The molecule has 4 nitrogen and oxygen atoms in total. The predicted molar refractivity (Wildman–Crippen MR) is 80.2 cm³/mol. The van der Waals surface area contributed by atoms with Crippen molar-refractivity contribution in [1.82, 2.24) is 4.90 Å². The SMILES string of the molecule is Cl.O=C(O)CCCCN1CCOC(c2ccc(F)c(F)c2)C1. The normalized spacial score (nSPS) is 18.7. The lowest BCUT2D eigenvalue weighted by Gasteiger charge is -2.33. The predicted octanol–water partition coefficient (Wildman–Crippen LogP) is 3.01. The third kappa shape index (κ3) is 5.51. The van der Waals surface area contributed by atoms with Crippen molar-refractivity contribution in [2.75, 3.05) is 26.2 Å². The van der Waals surface area contributed by atoms with Gasteiger partial charge in [0.05, 0.1) is 12.7 Å². The Morgan fingerprint density at radius 1 is 1.32 bits per heavy atom. The lowest BCUT2D eigenvalue weighted by molar-refractivity contribution is -0.137. The number of morpholine rings is 1. The van der Waals surface area contributed by atoms with Gasteiger partial charge in [0.1, 0.15) is 0 Å². The Kier molecular flexibility index (Phi) is 7.72. The molecule has 1 aliphatic rings. The van der Waals surface area contributed by atoms with Gasteiger partial charge in [-0.1, -0.05) is 6.07 Å². The summed E-state index contributed by atoms with van der Waals surface area (Å²) in [5, 5.41) is 8.59. The molecule has 1 unspecified atom stereocenters. The average molecular weight is 336 g/mol. The van der Waals surface area contributed by atoms with E-state index < -0.39 is 17.6 Å². The zero-order chi connectivity index (χ0) is 15.2. The number of hydrogen-bond acceptors (Lipinski definition) is 3. The van der Waals surface area contributed by atoms with Crippen LogP contribution >= 0.6 is 12.4 Å².